The molecule has 1 aromatic carbocycles. The van der Waals surface area contributed by atoms with Crippen LogP contribution in [0.3, 0.4) is 0 Å². The lowest BCUT2D eigenvalue weighted by molar-refractivity contribution is -0.118. The molecule has 1 saturated heterocycles. The van der Waals surface area contributed by atoms with E-state index in [0.29, 0.717) is 31.2 Å². The number of hydrogen-bond donors (Lipinski definition) is 1. The first kappa shape index (κ1) is 16.7. The predicted molar refractivity (Wildman–Crippen MR) is 88.8 cm³/mol. The molecule has 1 aromatic heterocycles. The van der Waals surface area contributed by atoms with Crippen molar-refractivity contribution < 1.29 is 18.7 Å². The Morgan fingerprint density at radius 3 is 2.79 bits per heavy atom. The maximum Gasteiger partial charge on any atom is 0.226 e. The fourth-order valence-electron chi connectivity index (χ4n) is 2.69. The van der Waals surface area contributed by atoms with E-state index in [2.05, 4.69) is 5.32 Å². The van der Waals surface area contributed by atoms with Crippen LogP contribution in [-0.2, 0) is 14.3 Å². The molecular weight excluding hydrogens is 311 g/mol. The Labute approximate surface area is 140 Å². The van der Waals surface area contributed by atoms with Crippen molar-refractivity contribution in [3.63, 3.8) is 0 Å². The number of ether oxygens (including phenoxy) is 2. The predicted octanol–water partition coefficient (Wildman–Crippen LogP) is 3.14. The van der Waals surface area contributed by atoms with Crippen LogP contribution in [0.2, 0.25) is 0 Å². The molecule has 2 heterocycles. The molecule has 0 bridgehead atoms. The van der Waals surface area contributed by atoms with Gasteiger partial charge in [-0.25, -0.2) is 4.39 Å². The molecule has 1 amide bonds. The van der Waals surface area contributed by atoms with Gasteiger partial charge in [0, 0.05) is 25.6 Å². The van der Waals surface area contributed by atoms with Crippen molar-refractivity contribution in [1.29, 1.82) is 0 Å². The summed E-state index contributed by atoms with van der Waals surface area (Å²) in [4.78, 5) is 12.1. The molecule has 1 fully saturated rings. The van der Waals surface area contributed by atoms with E-state index in [1.54, 1.807) is 23.0 Å². The molecule has 1 aliphatic rings. The highest BCUT2D eigenvalue weighted by molar-refractivity contribution is 5.92. The van der Waals surface area contributed by atoms with Crippen LogP contribution in [-0.4, -0.2) is 36.4 Å². The molecule has 24 heavy (non-hydrogen) atoms. The summed E-state index contributed by atoms with van der Waals surface area (Å²) in [5, 5.41) is 2.83. The highest BCUT2D eigenvalue weighted by atomic mass is 19.1. The minimum Gasteiger partial charge on any atom is -0.381 e. The van der Waals surface area contributed by atoms with Gasteiger partial charge in [0.1, 0.15) is 5.82 Å². The highest BCUT2D eigenvalue weighted by Gasteiger charge is 2.15. The lowest BCUT2D eigenvalue weighted by atomic mass is 10.1. The highest BCUT2D eigenvalue weighted by Crippen LogP contribution is 2.22. The number of nitrogens with zero attached hydrogens (tertiary/aromatic N) is 1. The monoisotopic (exact) mass is 332 g/mol. The van der Waals surface area contributed by atoms with Gasteiger partial charge >= 0.3 is 0 Å². The van der Waals surface area contributed by atoms with E-state index in [0.717, 1.165) is 12.8 Å². The van der Waals surface area contributed by atoms with Gasteiger partial charge in [-0.1, -0.05) is 0 Å². The SMILES string of the molecule is O=C(CCOC1CCOCC1)Nc1ccc(F)cc1-n1cccc1. The van der Waals surface area contributed by atoms with Gasteiger partial charge in [-0.15, -0.1) is 0 Å². The van der Waals surface area contributed by atoms with Gasteiger partial charge < -0.3 is 19.4 Å². The summed E-state index contributed by atoms with van der Waals surface area (Å²) in [5.74, 6) is -0.498. The van der Waals surface area contributed by atoms with Gasteiger partial charge in [-0.3, -0.25) is 4.79 Å². The van der Waals surface area contributed by atoms with E-state index in [1.807, 2.05) is 12.1 Å². The van der Waals surface area contributed by atoms with E-state index >= 15 is 0 Å². The summed E-state index contributed by atoms with van der Waals surface area (Å²) in [6.07, 6.45) is 5.79. The summed E-state index contributed by atoms with van der Waals surface area (Å²) in [6, 6.07) is 7.99. The van der Waals surface area contributed by atoms with Crippen molar-refractivity contribution in [3.8, 4) is 5.69 Å². The van der Waals surface area contributed by atoms with Crippen LogP contribution < -0.4 is 5.32 Å². The van der Waals surface area contributed by atoms with E-state index < -0.39 is 0 Å². The summed E-state index contributed by atoms with van der Waals surface area (Å²) >= 11 is 0. The molecular formula is C18H21FN2O3. The molecule has 0 unspecified atom stereocenters. The average molecular weight is 332 g/mol. The Kier molecular flexibility index (Phi) is 5.61. The fraction of sp³-hybridized carbons (Fsp3) is 0.389. The van der Waals surface area contributed by atoms with Crippen molar-refractivity contribution in [2.24, 2.45) is 0 Å². The maximum atomic E-state index is 13.5. The minimum absolute atomic E-state index is 0.151. The third-order valence-electron chi connectivity index (χ3n) is 3.97. The van der Waals surface area contributed by atoms with E-state index in [-0.39, 0.29) is 24.2 Å². The Morgan fingerprint density at radius 1 is 1.29 bits per heavy atom. The average Bonchev–Trinajstić information content (AvgIpc) is 3.12. The molecule has 128 valence electrons. The van der Waals surface area contributed by atoms with E-state index in [9.17, 15) is 9.18 Å². The number of nitrogens with one attached hydrogen (secondary N) is 1. The molecule has 0 aliphatic carbocycles. The number of amides is 1. The summed E-state index contributed by atoms with van der Waals surface area (Å²) < 4.78 is 26.3. The number of carbonyl (C=O) groups excluding carboxylic acids is 1. The quantitative estimate of drug-likeness (QED) is 0.884. The van der Waals surface area contributed by atoms with Crippen LogP contribution in [0.1, 0.15) is 19.3 Å². The van der Waals surface area contributed by atoms with E-state index in [1.165, 1.54) is 12.1 Å². The number of benzene rings is 1. The number of halogens is 1. The lowest BCUT2D eigenvalue weighted by Crippen LogP contribution is -2.25. The third-order valence-corrected chi connectivity index (χ3v) is 3.97. The molecule has 0 spiro atoms. The van der Waals surface area contributed by atoms with Crippen molar-refractivity contribution in [1.82, 2.24) is 4.57 Å². The zero-order valence-electron chi connectivity index (χ0n) is 13.4. The van der Waals surface area contributed by atoms with Crippen LogP contribution >= 0.6 is 0 Å². The number of hydrogen-bond acceptors (Lipinski definition) is 3. The zero-order valence-corrected chi connectivity index (χ0v) is 13.4. The van der Waals surface area contributed by atoms with Crippen LogP contribution in [0, 0.1) is 5.82 Å². The van der Waals surface area contributed by atoms with Gasteiger partial charge in [-0.05, 0) is 43.2 Å². The first-order valence-electron chi connectivity index (χ1n) is 8.14. The molecule has 1 aliphatic heterocycles. The first-order valence-corrected chi connectivity index (χ1v) is 8.14. The largest absolute Gasteiger partial charge is 0.381 e. The summed E-state index contributed by atoms with van der Waals surface area (Å²) in [7, 11) is 0. The number of aromatic nitrogens is 1. The molecule has 6 heteroatoms. The van der Waals surface area contributed by atoms with Crippen LogP contribution in [0.5, 0.6) is 0 Å². The first-order chi connectivity index (χ1) is 11.7. The molecule has 5 nitrogen and oxygen atoms in total. The lowest BCUT2D eigenvalue weighted by Gasteiger charge is -2.22. The second-order valence-corrected chi connectivity index (χ2v) is 5.73. The van der Waals surface area contributed by atoms with Gasteiger partial charge in [0.05, 0.1) is 30.5 Å². The second kappa shape index (κ2) is 8.08. The van der Waals surface area contributed by atoms with E-state index in [4.69, 9.17) is 9.47 Å². The summed E-state index contributed by atoms with van der Waals surface area (Å²) in [5.41, 5.74) is 1.17. The fourth-order valence-corrected chi connectivity index (χ4v) is 2.69. The van der Waals surface area contributed by atoms with Crippen molar-refractivity contribution in [2.45, 2.75) is 25.4 Å². The molecule has 0 saturated carbocycles. The molecule has 3 rings (SSSR count). The minimum atomic E-state index is -0.348. The van der Waals surface area contributed by atoms with Crippen LogP contribution in [0.4, 0.5) is 10.1 Å². The van der Waals surface area contributed by atoms with Gasteiger partial charge in [-0.2, -0.15) is 0 Å². The van der Waals surface area contributed by atoms with Crippen molar-refractivity contribution >= 4 is 11.6 Å². The Morgan fingerprint density at radius 2 is 2.04 bits per heavy atom. The molecule has 0 atom stereocenters. The molecule has 2 aromatic rings. The third kappa shape index (κ3) is 4.43. The smallest absolute Gasteiger partial charge is 0.226 e. The number of anilines is 1. The topological polar surface area (TPSA) is 52.5 Å². The second-order valence-electron chi connectivity index (χ2n) is 5.73. The van der Waals surface area contributed by atoms with Crippen LogP contribution in [0.25, 0.3) is 5.69 Å². The van der Waals surface area contributed by atoms with Crippen molar-refractivity contribution in [2.75, 3.05) is 25.1 Å². The normalized spacial score (nSPS) is 15.4. The standard InChI is InChI=1S/C18H21FN2O3/c19-14-3-4-16(17(13-14)21-8-1-2-9-21)20-18(22)7-12-24-15-5-10-23-11-6-15/h1-4,8-9,13,15H,5-7,10-12H2,(H,20,22). The Bertz CT molecular complexity index is 667. The van der Waals surface area contributed by atoms with Crippen LogP contribution in [0.15, 0.2) is 42.7 Å². The van der Waals surface area contributed by atoms with Gasteiger partial charge in [0.15, 0.2) is 0 Å². The summed E-state index contributed by atoms with van der Waals surface area (Å²) in [6.45, 7) is 1.80. The Hall–Kier alpha value is -2.18. The zero-order chi connectivity index (χ0) is 16.8. The van der Waals surface area contributed by atoms with Gasteiger partial charge in [0.25, 0.3) is 0 Å². The van der Waals surface area contributed by atoms with Gasteiger partial charge in [0.2, 0.25) is 5.91 Å². The molecule has 0 radical (unpaired) electrons. The maximum absolute atomic E-state index is 13.5. The van der Waals surface area contributed by atoms with Crippen molar-refractivity contribution in [3.05, 3.63) is 48.5 Å². The number of rotatable bonds is 6. The molecule has 1 N–H and O–H groups in total. The number of carbonyl (C=O) groups is 1. The Balaban J connectivity index is 1.56.